The predicted molar refractivity (Wildman–Crippen MR) is 138 cm³/mol. The number of ether oxygens (including phenoxy) is 3. The van der Waals surface area contributed by atoms with Gasteiger partial charge in [-0.3, -0.25) is 9.69 Å². The second-order valence-corrected chi connectivity index (χ2v) is 8.70. The van der Waals surface area contributed by atoms with E-state index in [1.807, 2.05) is 60.7 Å². The number of hydrogen-bond donors (Lipinski definition) is 1. The number of aromatic hydroxyl groups is 1. The van der Waals surface area contributed by atoms with Gasteiger partial charge in [0.05, 0.1) is 19.8 Å². The van der Waals surface area contributed by atoms with Crippen LogP contribution in [0.4, 0.5) is 0 Å². The minimum absolute atomic E-state index is 0.0740. The number of fused-ring (bicyclic) bond motifs is 1. The van der Waals surface area contributed by atoms with Gasteiger partial charge in [-0.25, -0.2) is 0 Å². The molecule has 7 nitrogen and oxygen atoms in total. The molecule has 2 heterocycles. The standard InChI is InChI=1S/C29H29NO6/c31-23-18-24(22-10-5-2-6-11-22)36-25-19-26(35-20-21-8-3-1-4-9-21)29(28(32)27(23)25)34-15-7-12-30-13-16-33-17-14-30/h1-6,8-11,18-19,32H,7,12-17,20H2. The zero-order chi connectivity index (χ0) is 24.7. The van der Waals surface area contributed by atoms with Crippen LogP contribution in [-0.4, -0.2) is 49.5 Å². The fourth-order valence-corrected chi connectivity index (χ4v) is 4.28. The van der Waals surface area contributed by atoms with Crippen molar-refractivity contribution >= 4 is 11.0 Å². The lowest BCUT2D eigenvalue weighted by atomic mass is 10.1. The average Bonchev–Trinajstić information content (AvgIpc) is 2.92. The van der Waals surface area contributed by atoms with Crippen LogP contribution in [0, 0.1) is 0 Å². The molecule has 0 radical (unpaired) electrons. The lowest BCUT2D eigenvalue weighted by molar-refractivity contribution is 0.0357. The molecular weight excluding hydrogens is 458 g/mol. The van der Waals surface area contributed by atoms with Crippen LogP contribution in [0.2, 0.25) is 0 Å². The second-order valence-electron chi connectivity index (χ2n) is 8.70. The molecule has 1 fully saturated rings. The molecule has 36 heavy (non-hydrogen) atoms. The first-order chi connectivity index (χ1) is 17.7. The Hall–Kier alpha value is -3.81. The molecule has 3 aromatic carbocycles. The smallest absolute Gasteiger partial charge is 0.204 e. The Labute approximate surface area is 209 Å². The van der Waals surface area contributed by atoms with Crippen molar-refractivity contribution in [2.75, 3.05) is 39.5 Å². The van der Waals surface area contributed by atoms with Crippen LogP contribution in [0.3, 0.4) is 0 Å². The number of morpholine rings is 1. The molecule has 0 atom stereocenters. The molecule has 1 aliphatic heterocycles. The Balaban J connectivity index is 1.44. The molecule has 7 heteroatoms. The van der Waals surface area contributed by atoms with Crippen molar-refractivity contribution in [3.8, 4) is 28.6 Å². The number of rotatable bonds is 9. The van der Waals surface area contributed by atoms with E-state index in [-0.39, 0.29) is 34.5 Å². The molecular formula is C29H29NO6. The van der Waals surface area contributed by atoms with Crippen molar-refractivity contribution in [1.29, 1.82) is 0 Å². The molecule has 0 saturated carbocycles. The van der Waals surface area contributed by atoms with E-state index < -0.39 is 0 Å². The van der Waals surface area contributed by atoms with Gasteiger partial charge in [0, 0.05) is 37.3 Å². The van der Waals surface area contributed by atoms with Crippen molar-refractivity contribution in [2.45, 2.75) is 13.0 Å². The van der Waals surface area contributed by atoms with E-state index in [9.17, 15) is 9.90 Å². The summed E-state index contributed by atoms with van der Waals surface area (Å²) in [6, 6.07) is 22.1. The van der Waals surface area contributed by atoms with Gasteiger partial charge >= 0.3 is 0 Å². The van der Waals surface area contributed by atoms with Crippen LogP contribution < -0.4 is 14.9 Å². The summed E-state index contributed by atoms with van der Waals surface area (Å²) in [7, 11) is 0. The van der Waals surface area contributed by atoms with Gasteiger partial charge in [0.25, 0.3) is 0 Å². The molecule has 4 aromatic rings. The highest BCUT2D eigenvalue weighted by atomic mass is 16.5. The van der Waals surface area contributed by atoms with Crippen LogP contribution in [0.5, 0.6) is 17.2 Å². The Kier molecular flexibility index (Phi) is 7.50. The number of benzene rings is 3. The number of nitrogens with zero attached hydrogens (tertiary/aromatic N) is 1. The van der Waals surface area contributed by atoms with Crippen molar-refractivity contribution in [2.24, 2.45) is 0 Å². The van der Waals surface area contributed by atoms with E-state index in [2.05, 4.69) is 4.90 Å². The third-order valence-corrected chi connectivity index (χ3v) is 6.18. The monoisotopic (exact) mass is 487 g/mol. The first kappa shape index (κ1) is 23.9. The van der Waals surface area contributed by atoms with Crippen LogP contribution in [0.25, 0.3) is 22.3 Å². The first-order valence-corrected chi connectivity index (χ1v) is 12.2. The fraction of sp³-hybridized carbons (Fsp3) is 0.276. The lowest BCUT2D eigenvalue weighted by Crippen LogP contribution is -2.37. The number of hydrogen-bond acceptors (Lipinski definition) is 7. The van der Waals surface area contributed by atoms with Gasteiger partial charge in [-0.15, -0.1) is 0 Å². The molecule has 186 valence electrons. The maximum Gasteiger partial charge on any atom is 0.204 e. The van der Waals surface area contributed by atoms with Crippen LogP contribution in [0.15, 0.2) is 82.0 Å². The maximum atomic E-state index is 13.0. The Morgan fingerprint density at radius 1 is 0.917 bits per heavy atom. The molecule has 0 spiro atoms. The summed E-state index contributed by atoms with van der Waals surface area (Å²) in [5.41, 5.74) is 1.63. The van der Waals surface area contributed by atoms with Crippen molar-refractivity contribution in [3.63, 3.8) is 0 Å². The van der Waals surface area contributed by atoms with E-state index in [1.54, 1.807) is 6.07 Å². The van der Waals surface area contributed by atoms with E-state index in [4.69, 9.17) is 18.6 Å². The average molecular weight is 488 g/mol. The van der Waals surface area contributed by atoms with Gasteiger partial charge in [-0.2, -0.15) is 0 Å². The lowest BCUT2D eigenvalue weighted by Gasteiger charge is -2.26. The quantitative estimate of drug-likeness (QED) is 0.338. The third-order valence-electron chi connectivity index (χ3n) is 6.18. The van der Waals surface area contributed by atoms with E-state index >= 15 is 0 Å². The maximum absolute atomic E-state index is 13.0. The summed E-state index contributed by atoms with van der Waals surface area (Å²) in [5.74, 6) is 0.625. The molecule has 5 rings (SSSR count). The summed E-state index contributed by atoms with van der Waals surface area (Å²) < 4.78 is 23.5. The van der Waals surface area contributed by atoms with Gasteiger partial charge in [0.1, 0.15) is 23.3 Å². The molecule has 0 unspecified atom stereocenters. The molecule has 0 aliphatic carbocycles. The molecule has 0 bridgehead atoms. The van der Waals surface area contributed by atoms with Crippen LogP contribution >= 0.6 is 0 Å². The van der Waals surface area contributed by atoms with Gasteiger partial charge < -0.3 is 23.7 Å². The van der Waals surface area contributed by atoms with Gasteiger partial charge in [0.15, 0.2) is 16.9 Å². The summed E-state index contributed by atoms with van der Waals surface area (Å²) in [5, 5.41) is 11.2. The van der Waals surface area contributed by atoms with Crippen LogP contribution in [-0.2, 0) is 11.3 Å². The number of phenolic OH excluding ortho intramolecular Hbond substituents is 1. The summed E-state index contributed by atoms with van der Waals surface area (Å²) in [6.07, 6.45) is 0.761. The summed E-state index contributed by atoms with van der Waals surface area (Å²) in [4.78, 5) is 15.4. The highest BCUT2D eigenvalue weighted by molar-refractivity contribution is 5.89. The Morgan fingerprint density at radius 2 is 1.64 bits per heavy atom. The SMILES string of the molecule is O=c1cc(-c2ccccc2)oc2cc(OCc3ccccc3)c(OCCCN3CCOCC3)c(O)c12. The molecule has 1 N–H and O–H groups in total. The van der Waals surface area contributed by atoms with Crippen LogP contribution in [0.1, 0.15) is 12.0 Å². The van der Waals surface area contributed by atoms with E-state index in [1.165, 1.54) is 6.07 Å². The summed E-state index contributed by atoms with van der Waals surface area (Å²) >= 11 is 0. The van der Waals surface area contributed by atoms with Crippen molar-refractivity contribution in [1.82, 2.24) is 4.90 Å². The van der Waals surface area contributed by atoms with Crippen molar-refractivity contribution < 1.29 is 23.7 Å². The molecule has 0 amide bonds. The molecule has 1 aliphatic rings. The highest BCUT2D eigenvalue weighted by Crippen LogP contribution is 2.43. The zero-order valence-electron chi connectivity index (χ0n) is 20.0. The first-order valence-electron chi connectivity index (χ1n) is 12.2. The Bertz CT molecular complexity index is 1350. The van der Waals surface area contributed by atoms with Gasteiger partial charge in [-0.1, -0.05) is 60.7 Å². The van der Waals surface area contributed by atoms with E-state index in [0.717, 1.165) is 50.4 Å². The Morgan fingerprint density at radius 3 is 2.39 bits per heavy atom. The predicted octanol–water partition coefficient (Wildman–Crippen LogP) is 4.85. The zero-order valence-corrected chi connectivity index (χ0v) is 20.0. The number of phenols is 1. The molecule has 1 saturated heterocycles. The highest BCUT2D eigenvalue weighted by Gasteiger charge is 2.21. The fourth-order valence-electron chi connectivity index (χ4n) is 4.28. The second kappa shape index (κ2) is 11.3. The minimum atomic E-state index is -0.347. The van der Waals surface area contributed by atoms with Crippen molar-refractivity contribution in [3.05, 3.63) is 88.6 Å². The minimum Gasteiger partial charge on any atom is -0.504 e. The van der Waals surface area contributed by atoms with Gasteiger partial charge in [0.2, 0.25) is 5.75 Å². The summed E-state index contributed by atoms with van der Waals surface area (Å²) in [6.45, 7) is 4.79. The largest absolute Gasteiger partial charge is 0.504 e. The topological polar surface area (TPSA) is 81.4 Å². The van der Waals surface area contributed by atoms with E-state index in [0.29, 0.717) is 18.1 Å². The normalized spacial score (nSPS) is 14.1. The van der Waals surface area contributed by atoms with Gasteiger partial charge in [-0.05, 0) is 12.0 Å². The molecule has 1 aromatic heterocycles. The third kappa shape index (κ3) is 5.53.